The summed E-state index contributed by atoms with van der Waals surface area (Å²) in [5.74, 6) is 3.28. The van der Waals surface area contributed by atoms with Crippen LogP contribution in [0.5, 0.6) is 0 Å². The Hall–Kier alpha value is -1.22. The summed E-state index contributed by atoms with van der Waals surface area (Å²) in [4.78, 5) is 0. The summed E-state index contributed by atoms with van der Waals surface area (Å²) in [5, 5.41) is 0. The van der Waals surface area contributed by atoms with E-state index in [9.17, 15) is 0 Å². The Kier molecular flexibility index (Phi) is 2.78. The first kappa shape index (κ1) is 9.86. The number of hydrogen-bond donors (Lipinski definition) is 0. The van der Waals surface area contributed by atoms with Crippen molar-refractivity contribution in [2.24, 2.45) is 0 Å². The molecule has 0 heteroatoms. The Labute approximate surface area is 81.0 Å². The molecule has 0 atom stereocenters. The summed E-state index contributed by atoms with van der Waals surface area (Å²) in [6.07, 6.45) is 5.44. The Morgan fingerprint density at radius 1 is 1.23 bits per heavy atom. The van der Waals surface area contributed by atoms with Crippen molar-refractivity contribution in [3.05, 3.63) is 34.4 Å². The van der Waals surface area contributed by atoms with E-state index in [1.807, 2.05) is 0 Å². The van der Waals surface area contributed by atoms with Crippen LogP contribution in [0, 0.1) is 26.2 Å². The first-order valence-electron chi connectivity index (χ1n) is 4.64. The summed E-state index contributed by atoms with van der Waals surface area (Å²) in [5.41, 5.74) is 4.90. The maximum Gasteiger partial charge on any atom is 0.0277 e. The Morgan fingerprint density at radius 3 is 2.31 bits per heavy atom. The van der Waals surface area contributed by atoms with Gasteiger partial charge in [-0.05, 0) is 42.5 Å². The third kappa shape index (κ3) is 1.92. The fourth-order valence-corrected chi connectivity index (χ4v) is 1.64. The van der Waals surface area contributed by atoms with Crippen LogP contribution in [-0.2, 0) is 0 Å². The molecule has 1 aromatic rings. The molecule has 1 aromatic carbocycles. The molecule has 0 nitrogen and oxygen atoms in total. The van der Waals surface area contributed by atoms with Gasteiger partial charge in [-0.15, -0.1) is 6.42 Å². The van der Waals surface area contributed by atoms with Crippen LogP contribution in [-0.4, -0.2) is 0 Å². The van der Waals surface area contributed by atoms with Gasteiger partial charge in [-0.2, -0.15) is 0 Å². The van der Waals surface area contributed by atoms with E-state index in [1.54, 1.807) is 0 Å². The van der Waals surface area contributed by atoms with Gasteiger partial charge < -0.3 is 0 Å². The smallest absolute Gasteiger partial charge is 0.0277 e. The van der Waals surface area contributed by atoms with Gasteiger partial charge in [-0.25, -0.2) is 0 Å². The molecule has 0 amide bonds. The van der Waals surface area contributed by atoms with Gasteiger partial charge in [0.15, 0.2) is 0 Å². The van der Waals surface area contributed by atoms with Crippen LogP contribution < -0.4 is 0 Å². The van der Waals surface area contributed by atoms with Crippen molar-refractivity contribution in [1.29, 1.82) is 0 Å². The maximum atomic E-state index is 5.44. The molecule has 0 aliphatic heterocycles. The van der Waals surface area contributed by atoms with Crippen molar-refractivity contribution in [2.75, 3.05) is 0 Å². The number of benzene rings is 1. The topological polar surface area (TPSA) is 0 Å². The van der Waals surface area contributed by atoms with Gasteiger partial charge in [-0.1, -0.05) is 25.8 Å². The highest BCUT2D eigenvalue weighted by atomic mass is 14.1. The van der Waals surface area contributed by atoms with Crippen molar-refractivity contribution < 1.29 is 0 Å². The molecule has 13 heavy (non-hydrogen) atoms. The van der Waals surface area contributed by atoms with Gasteiger partial charge in [0.2, 0.25) is 0 Å². The minimum Gasteiger partial charge on any atom is -0.115 e. The lowest BCUT2D eigenvalue weighted by molar-refractivity contribution is 0.853. The second-order valence-corrected chi connectivity index (χ2v) is 3.83. The van der Waals surface area contributed by atoms with Gasteiger partial charge in [0.1, 0.15) is 0 Å². The molecule has 0 fully saturated rings. The van der Waals surface area contributed by atoms with Crippen molar-refractivity contribution in [2.45, 2.75) is 33.6 Å². The molecule has 0 radical (unpaired) electrons. The molecule has 0 aliphatic carbocycles. The second kappa shape index (κ2) is 3.66. The van der Waals surface area contributed by atoms with Crippen molar-refractivity contribution in [3.8, 4) is 12.3 Å². The van der Waals surface area contributed by atoms with Crippen molar-refractivity contribution in [3.63, 3.8) is 0 Å². The minimum absolute atomic E-state index is 0.548. The predicted molar refractivity (Wildman–Crippen MR) is 57.9 cm³/mol. The predicted octanol–water partition coefficient (Wildman–Crippen LogP) is 3.41. The maximum absolute atomic E-state index is 5.44. The van der Waals surface area contributed by atoms with Gasteiger partial charge in [-0.3, -0.25) is 0 Å². The van der Waals surface area contributed by atoms with Crippen LogP contribution in [0.2, 0.25) is 0 Å². The van der Waals surface area contributed by atoms with Gasteiger partial charge in [0, 0.05) is 5.56 Å². The standard InChI is InChI=1S/C13H16/c1-6-12-7-10(4)8-13(9(2)3)11(12)5/h1,7-9H,2-5H3. The lowest BCUT2D eigenvalue weighted by Gasteiger charge is -2.12. The van der Waals surface area contributed by atoms with Crippen LogP contribution in [0.4, 0.5) is 0 Å². The zero-order valence-corrected chi connectivity index (χ0v) is 8.81. The van der Waals surface area contributed by atoms with E-state index in [0.29, 0.717) is 5.92 Å². The summed E-state index contributed by atoms with van der Waals surface area (Å²) < 4.78 is 0. The van der Waals surface area contributed by atoms with Crippen LogP contribution in [0.15, 0.2) is 12.1 Å². The van der Waals surface area contributed by atoms with Gasteiger partial charge >= 0.3 is 0 Å². The van der Waals surface area contributed by atoms with Crippen LogP contribution in [0.3, 0.4) is 0 Å². The second-order valence-electron chi connectivity index (χ2n) is 3.83. The van der Waals surface area contributed by atoms with Crippen LogP contribution >= 0.6 is 0 Å². The Bertz CT molecular complexity index is 351. The lowest BCUT2D eigenvalue weighted by atomic mass is 9.92. The van der Waals surface area contributed by atoms with Crippen molar-refractivity contribution >= 4 is 0 Å². The molecule has 68 valence electrons. The monoisotopic (exact) mass is 172 g/mol. The van der Waals surface area contributed by atoms with Gasteiger partial charge in [0.25, 0.3) is 0 Å². The van der Waals surface area contributed by atoms with Gasteiger partial charge in [0.05, 0.1) is 0 Å². The first-order valence-corrected chi connectivity index (χ1v) is 4.64. The fourth-order valence-electron chi connectivity index (χ4n) is 1.64. The molecule has 0 spiro atoms. The van der Waals surface area contributed by atoms with E-state index in [0.717, 1.165) is 5.56 Å². The van der Waals surface area contributed by atoms with E-state index in [2.05, 4.69) is 45.7 Å². The molecule has 0 bridgehead atoms. The zero-order valence-electron chi connectivity index (χ0n) is 8.81. The van der Waals surface area contributed by atoms with E-state index in [1.165, 1.54) is 16.7 Å². The average Bonchev–Trinajstić information content (AvgIpc) is 2.08. The Balaban J connectivity index is 3.38. The highest BCUT2D eigenvalue weighted by molar-refractivity contribution is 5.47. The molecule has 0 heterocycles. The summed E-state index contributed by atoms with van der Waals surface area (Å²) in [7, 11) is 0. The minimum atomic E-state index is 0.548. The molecule has 0 N–H and O–H groups in total. The molecule has 0 aliphatic rings. The summed E-state index contributed by atoms with van der Waals surface area (Å²) >= 11 is 0. The largest absolute Gasteiger partial charge is 0.115 e. The van der Waals surface area contributed by atoms with Crippen LogP contribution in [0.1, 0.15) is 42.0 Å². The quantitative estimate of drug-likeness (QED) is 0.569. The highest BCUT2D eigenvalue weighted by Crippen LogP contribution is 2.23. The number of hydrogen-bond acceptors (Lipinski definition) is 0. The fraction of sp³-hybridized carbons (Fsp3) is 0.385. The van der Waals surface area contributed by atoms with E-state index in [4.69, 9.17) is 6.42 Å². The number of rotatable bonds is 1. The molecule has 0 saturated carbocycles. The Morgan fingerprint density at radius 2 is 1.85 bits per heavy atom. The number of terminal acetylenes is 1. The third-order valence-electron chi connectivity index (χ3n) is 2.37. The van der Waals surface area contributed by atoms with Crippen LogP contribution in [0.25, 0.3) is 0 Å². The molecule has 0 saturated heterocycles. The highest BCUT2D eigenvalue weighted by Gasteiger charge is 2.06. The normalized spacial score (nSPS) is 10.2. The van der Waals surface area contributed by atoms with E-state index < -0.39 is 0 Å². The van der Waals surface area contributed by atoms with E-state index >= 15 is 0 Å². The summed E-state index contributed by atoms with van der Waals surface area (Å²) in [6, 6.07) is 4.29. The number of aryl methyl sites for hydroxylation is 1. The molecule has 0 aromatic heterocycles. The van der Waals surface area contributed by atoms with Crippen molar-refractivity contribution in [1.82, 2.24) is 0 Å². The lowest BCUT2D eigenvalue weighted by Crippen LogP contribution is -1.96. The zero-order chi connectivity index (χ0) is 10.0. The first-order chi connectivity index (χ1) is 6.06. The molecule has 0 unspecified atom stereocenters. The molecular formula is C13H16. The third-order valence-corrected chi connectivity index (χ3v) is 2.37. The SMILES string of the molecule is C#Cc1cc(C)cc(C(C)C)c1C. The van der Waals surface area contributed by atoms with E-state index in [-0.39, 0.29) is 0 Å². The molecule has 1 rings (SSSR count). The molecular weight excluding hydrogens is 156 g/mol. The average molecular weight is 172 g/mol. The summed E-state index contributed by atoms with van der Waals surface area (Å²) in [6.45, 7) is 8.58.